The van der Waals surface area contributed by atoms with Crippen LogP contribution in [0.15, 0.2) is 18.2 Å². The van der Waals surface area contributed by atoms with Gasteiger partial charge >= 0.3 is 11.9 Å². The van der Waals surface area contributed by atoms with Crippen molar-refractivity contribution in [3.63, 3.8) is 0 Å². The summed E-state index contributed by atoms with van der Waals surface area (Å²) in [6.07, 6.45) is 0.746. The molecule has 0 N–H and O–H groups in total. The Hall–Kier alpha value is -1.27. The highest BCUT2D eigenvalue weighted by Crippen LogP contribution is 2.34. The molecule has 0 aliphatic rings. The second-order valence-corrected chi connectivity index (χ2v) is 7.69. The van der Waals surface area contributed by atoms with Crippen molar-refractivity contribution in [2.24, 2.45) is 0 Å². The predicted octanol–water partition coefficient (Wildman–Crippen LogP) is 4.84. The Bertz CT molecular complexity index is 598. The van der Waals surface area contributed by atoms with Gasteiger partial charge in [0.1, 0.15) is 16.2 Å². The van der Waals surface area contributed by atoms with Crippen LogP contribution < -0.4 is 4.74 Å². The fourth-order valence-electron chi connectivity index (χ4n) is 1.98. The number of hydrogen-bond acceptors (Lipinski definition) is 5. The van der Waals surface area contributed by atoms with Crippen LogP contribution in [-0.2, 0) is 19.1 Å². The van der Waals surface area contributed by atoms with Gasteiger partial charge in [-0.25, -0.2) is 0 Å². The standard InChI is InChI=1S/C18H24BrClO5/c1-5-23-17(22)16(19)13-9-8-12(20)11-14(13)24-10-6-7-15(21)25-18(2,3)4/h8-9,11,16H,5-7,10H2,1-4H3. The van der Waals surface area contributed by atoms with Gasteiger partial charge in [-0.2, -0.15) is 0 Å². The van der Waals surface area contributed by atoms with Crippen molar-refractivity contribution in [3.05, 3.63) is 28.8 Å². The number of ether oxygens (including phenoxy) is 3. The number of halogens is 2. The minimum Gasteiger partial charge on any atom is -0.493 e. The predicted molar refractivity (Wildman–Crippen MR) is 100 cm³/mol. The summed E-state index contributed by atoms with van der Waals surface area (Å²) < 4.78 is 16.0. The van der Waals surface area contributed by atoms with Crippen LogP contribution in [0.3, 0.4) is 0 Å². The summed E-state index contributed by atoms with van der Waals surface area (Å²) in [4.78, 5) is 23.0. The van der Waals surface area contributed by atoms with Gasteiger partial charge in [0.15, 0.2) is 0 Å². The Kier molecular flexibility index (Phi) is 8.73. The monoisotopic (exact) mass is 434 g/mol. The van der Waals surface area contributed by atoms with Gasteiger partial charge in [-0.05, 0) is 46.2 Å². The summed E-state index contributed by atoms with van der Waals surface area (Å²) in [6.45, 7) is 7.81. The molecule has 0 radical (unpaired) electrons. The van der Waals surface area contributed by atoms with E-state index in [-0.39, 0.29) is 12.4 Å². The molecule has 0 aliphatic carbocycles. The molecule has 0 bridgehead atoms. The van der Waals surface area contributed by atoms with Crippen molar-refractivity contribution in [1.82, 2.24) is 0 Å². The van der Waals surface area contributed by atoms with Gasteiger partial charge in [0.2, 0.25) is 0 Å². The zero-order chi connectivity index (χ0) is 19.0. The molecule has 0 amide bonds. The van der Waals surface area contributed by atoms with E-state index in [0.717, 1.165) is 0 Å². The molecule has 7 heteroatoms. The number of hydrogen-bond donors (Lipinski definition) is 0. The molecule has 5 nitrogen and oxygen atoms in total. The van der Waals surface area contributed by atoms with E-state index in [2.05, 4.69) is 15.9 Å². The molecule has 1 aromatic carbocycles. The zero-order valence-corrected chi connectivity index (χ0v) is 17.3. The van der Waals surface area contributed by atoms with Crippen molar-refractivity contribution in [2.75, 3.05) is 13.2 Å². The Morgan fingerprint density at radius 1 is 1.28 bits per heavy atom. The fraction of sp³-hybridized carbons (Fsp3) is 0.556. The van der Waals surface area contributed by atoms with Gasteiger partial charge in [-0.3, -0.25) is 9.59 Å². The zero-order valence-electron chi connectivity index (χ0n) is 14.9. The second-order valence-electron chi connectivity index (χ2n) is 6.34. The topological polar surface area (TPSA) is 61.8 Å². The number of carbonyl (C=O) groups is 2. The van der Waals surface area contributed by atoms with Crippen LogP contribution in [0.25, 0.3) is 0 Å². The molecule has 0 heterocycles. The van der Waals surface area contributed by atoms with E-state index in [1.165, 1.54) is 0 Å². The molecule has 0 saturated carbocycles. The average Bonchev–Trinajstić information content (AvgIpc) is 2.49. The first-order valence-electron chi connectivity index (χ1n) is 8.09. The van der Waals surface area contributed by atoms with Crippen LogP contribution in [0.1, 0.15) is 50.9 Å². The van der Waals surface area contributed by atoms with Crippen molar-refractivity contribution in [1.29, 1.82) is 0 Å². The van der Waals surface area contributed by atoms with E-state index >= 15 is 0 Å². The summed E-state index contributed by atoms with van der Waals surface area (Å²) in [5.74, 6) is -0.192. The van der Waals surface area contributed by atoms with Crippen molar-refractivity contribution in [3.8, 4) is 5.75 Å². The second kappa shape index (κ2) is 10.0. The lowest BCUT2D eigenvalue weighted by Gasteiger charge is -2.19. The molecule has 0 aliphatic heterocycles. The Morgan fingerprint density at radius 2 is 1.96 bits per heavy atom. The number of esters is 2. The van der Waals surface area contributed by atoms with Crippen molar-refractivity contribution < 1.29 is 23.8 Å². The smallest absolute Gasteiger partial charge is 0.324 e. The molecule has 0 aromatic heterocycles. The fourth-order valence-corrected chi connectivity index (χ4v) is 2.65. The molecule has 0 saturated heterocycles. The molecule has 140 valence electrons. The maximum Gasteiger partial charge on any atom is 0.324 e. The van der Waals surface area contributed by atoms with Crippen LogP contribution >= 0.6 is 27.5 Å². The average molecular weight is 436 g/mol. The van der Waals surface area contributed by atoms with Crippen LogP contribution in [0, 0.1) is 0 Å². The minimum atomic E-state index is -0.648. The molecule has 1 atom stereocenters. The number of benzene rings is 1. The lowest BCUT2D eigenvalue weighted by molar-refractivity contribution is -0.155. The summed E-state index contributed by atoms with van der Waals surface area (Å²) in [5, 5.41) is 0.495. The van der Waals surface area contributed by atoms with Gasteiger partial charge in [-0.1, -0.05) is 33.6 Å². The number of carbonyl (C=O) groups excluding carboxylic acids is 2. The summed E-state index contributed by atoms with van der Waals surface area (Å²) in [5.41, 5.74) is 0.126. The molecular weight excluding hydrogens is 412 g/mol. The van der Waals surface area contributed by atoms with E-state index < -0.39 is 16.4 Å². The first-order valence-corrected chi connectivity index (χ1v) is 9.38. The molecule has 0 spiro atoms. The van der Waals surface area contributed by atoms with Gasteiger partial charge < -0.3 is 14.2 Å². The summed E-state index contributed by atoms with van der Waals surface area (Å²) >= 11 is 9.33. The van der Waals surface area contributed by atoms with Crippen molar-refractivity contribution >= 4 is 39.5 Å². The molecule has 0 fully saturated rings. The van der Waals surface area contributed by atoms with E-state index in [1.54, 1.807) is 25.1 Å². The normalized spacial score (nSPS) is 12.4. The van der Waals surface area contributed by atoms with E-state index in [1.807, 2.05) is 20.8 Å². The largest absolute Gasteiger partial charge is 0.493 e. The van der Waals surface area contributed by atoms with Gasteiger partial charge in [0.05, 0.1) is 13.2 Å². The lowest BCUT2D eigenvalue weighted by Crippen LogP contribution is -2.24. The number of rotatable bonds is 8. The highest BCUT2D eigenvalue weighted by atomic mass is 79.9. The minimum absolute atomic E-state index is 0.253. The van der Waals surface area contributed by atoms with Gasteiger partial charge in [0.25, 0.3) is 0 Å². The maximum atomic E-state index is 11.9. The quantitative estimate of drug-likeness (QED) is 0.332. The molecule has 1 aromatic rings. The third-order valence-electron chi connectivity index (χ3n) is 2.95. The van der Waals surface area contributed by atoms with E-state index in [4.69, 9.17) is 25.8 Å². The first kappa shape index (κ1) is 21.8. The Labute approximate surface area is 162 Å². The molecule has 1 rings (SSSR count). The van der Waals surface area contributed by atoms with Crippen LogP contribution in [0.4, 0.5) is 0 Å². The Balaban J connectivity index is 2.64. The van der Waals surface area contributed by atoms with E-state index in [0.29, 0.717) is 36.0 Å². The highest BCUT2D eigenvalue weighted by Gasteiger charge is 2.23. The first-order chi connectivity index (χ1) is 11.6. The SMILES string of the molecule is CCOC(=O)C(Br)c1ccc(Cl)cc1OCCCC(=O)OC(C)(C)C. The highest BCUT2D eigenvalue weighted by molar-refractivity contribution is 9.09. The van der Waals surface area contributed by atoms with Crippen LogP contribution in [0.2, 0.25) is 5.02 Å². The van der Waals surface area contributed by atoms with Crippen LogP contribution in [-0.4, -0.2) is 30.8 Å². The van der Waals surface area contributed by atoms with Gasteiger partial charge in [0, 0.05) is 17.0 Å². The third kappa shape index (κ3) is 8.10. The lowest BCUT2D eigenvalue weighted by atomic mass is 10.1. The maximum absolute atomic E-state index is 11.9. The van der Waals surface area contributed by atoms with E-state index in [9.17, 15) is 9.59 Å². The van der Waals surface area contributed by atoms with Crippen LogP contribution in [0.5, 0.6) is 5.75 Å². The van der Waals surface area contributed by atoms with Gasteiger partial charge in [-0.15, -0.1) is 0 Å². The molecular formula is C18H24BrClO5. The Morgan fingerprint density at radius 3 is 2.56 bits per heavy atom. The number of alkyl halides is 1. The summed E-state index contributed by atoms with van der Waals surface area (Å²) in [6, 6.07) is 5.03. The third-order valence-corrected chi connectivity index (χ3v) is 4.05. The molecule has 25 heavy (non-hydrogen) atoms. The van der Waals surface area contributed by atoms with Crippen molar-refractivity contribution in [2.45, 2.75) is 51.0 Å². The summed E-state index contributed by atoms with van der Waals surface area (Å²) in [7, 11) is 0. The molecule has 1 unspecified atom stereocenters.